The van der Waals surface area contributed by atoms with Crippen molar-refractivity contribution in [1.29, 1.82) is 0 Å². The number of rotatable bonds is 4. The smallest absolute Gasteiger partial charge is 0.401 e. The average Bonchev–Trinajstić information content (AvgIpc) is 3.17. The summed E-state index contributed by atoms with van der Waals surface area (Å²) in [5.74, 6) is 0.405. The van der Waals surface area contributed by atoms with Gasteiger partial charge in [0, 0.05) is 5.56 Å². The third-order valence-electron chi connectivity index (χ3n) is 2.91. The predicted molar refractivity (Wildman–Crippen MR) is 86.4 cm³/mol. The molecule has 0 aliphatic carbocycles. The molecule has 116 valence electrons. The largest absolute Gasteiger partial charge is 0.433 e. The summed E-state index contributed by atoms with van der Waals surface area (Å²) in [6, 6.07) is 9.97. The second-order valence-electron chi connectivity index (χ2n) is 4.50. The van der Waals surface area contributed by atoms with Crippen molar-refractivity contribution in [3.05, 3.63) is 52.1 Å². The highest BCUT2D eigenvalue weighted by atomic mass is 32.2. The van der Waals surface area contributed by atoms with Gasteiger partial charge in [-0.25, -0.2) is 0 Å². The number of nitrogens with one attached hydrogen (secondary N) is 1. The SMILES string of the molecule is O=C1CS/C(=N/N=C/c2ccc(-c3ccc([N+](=O)[O-])o3)cc2)N1. The zero-order valence-corrected chi connectivity index (χ0v) is 12.4. The van der Waals surface area contributed by atoms with Crippen LogP contribution in [0.25, 0.3) is 11.3 Å². The van der Waals surface area contributed by atoms with Crippen molar-refractivity contribution >= 4 is 34.9 Å². The van der Waals surface area contributed by atoms with Gasteiger partial charge >= 0.3 is 5.88 Å². The maximum absolute atomic E-state index is 11.0. The number of carbonyl (C=O) groups excluding carboxylic acids is 1. The second kappa shape index (κ2) is 6.44. The van der Waals surface area contributed by atoms with Gasteiger partial charge in [-0.3, -0.25) is 14.9 Å². The first-order valence-corrected chi connectivity index (χ1v) is 7.49. The first-order valence-electron chi connectivity index (χ1n) is 6.50. The van der Waals surface area contributed by atoms with Gasteiger partial charge in [-0.1, -0.05) is 36.0 Å². The molecule has 2 heterocycles. The standard InChI is InChI=1S/C14H10N4O4S/c19-12-8-23-14(16-12)17-15-7-9-1-3-10(4-2-9)11-5-6-13(22-11)18(20)21/h1-7H,8H2,(H,16,17,19)/b15-7+. The summed E-state index contributed by atoms with van der Waals surface area (Å²) in [4.78, 5) is 21.0. The van der Waals surface area contributed by atoms with Crippen LogP contribution in [0.5, 0.6) is 0 Å². The van der Waals surface area contributed by atoms with Gasteiger partial charge in [0.25, 0.3) is 0 Å². The number of benzene rings is 1. The van der Waals surface area contributed by atoms with Crippen molar-refractivity contribution in [2.75, 3.05) is 5.75 Å². The molecule has 1 aromatic heterocycles. The Morgan fingerprint density at radius 2 is 2.04 bits per heavy atom. The molecule has 1 aliphatic heterocycles. The molecule has 0 radical (unpaired) electrons. The van der Waals surface area contributed by atoms with E-state index in [-0.39, 0.29) is 11.8 Å². The Kier molecular flexibility index (Phi) is 4.20. The molecule has 23 heavy (non-hydrogen) atoms. The highest BCUT2D eigenvalue weighted by molar-refractivity contribution is 8.15. The molecule has 2 aromatic rings. The fraction of sp³-hybridized carbons (Fsp3) is 0.0714. The summed E-state index contributed by atoms with van der Waals surface area (Å²) < 4.78 is 5.13. The summed E-state index contributed by atoms with van der Waals surface area (Å²) >= 11 is 1.30. The molecule has 0 saturated carbocycles. The van der Waals surface area contributed by atoms with E-state index in [0.717, 1.165) is 11.1 Å². The van der Waals surface area contributed by atoms with E-state index in [0.29, 0.717) is 16.7 Å². The van der Waals surface area contributed by atoms with Crippen molar-refractivity contribution < 1.29 is 14.1 Å². The normalized spacial score (nSPS) is 16.2. The lowest BCUT2D eigenvalue weighted by molar-refractivity contribution is -0.401. The summed E-state index contributed by atoms with van der Waals surface area (Å²) in [7, 11) is 0. The molecule has 8 nitrogen and oxygen atoms in total. The van der Waals surface area contributed by atoms with Crippen LogP contribution in [-0.4, -0.2) is 28.0 Å². The summed E-state index contributed by atoms with van der Waals surface area (Å²) in [6.45, 7) is 0. The number of nitrogens with zero attached hydrogens (tertiary/aromatic N) is 3. The Balaban J connectivity index is 1.69. The number of amidine groups is 1. The minimum atomic E-state index is -0.580. The molecule has 0 spiro atoms. The highest BCUT2D eigenvalue weighted by Crippen LogP contribution is 2.25. The summed E-state index contributed by atoms with van der Waals surface area (Å²) in [5, 5.41) is 21.5. The van der Waals surface area contributed by atoms with Crippen LogP contribution in [-0.2, 0) is 4.79 Å². The van der Waals surface area contributed by atoms with Crippen LogP contribution in [0, 0.1) is 10.1 Å². The number of hydrogen-bond acceptors (Lipinski definition) is 7. The van der Waals surface area contributed by atoms with Crippen molar-refractivity contribution in [2.45, 2.75) is 0 Å². The zero-order valence-electron chi connectivity index (χ0n) is 11.6. The number of nitro groups is 1. The minimum Gasteiger partial charge on any atom is -0.401 e. The Hall–Kier alpha value is -2.94. The quantitative estimate of drug-likeness (QED) is 0.526. The summed E-state index contributed by atoms with van der Waals surface area (Å²) in [5.41, 5.74) is 1.52. The molecule has 1 amide bonds. The third-order valence-corrected chi connectivity index (χ3v) is 3.77. The number of carbonyl (C=O) groups is 1. The van der Waals surface area contributed by atoms with Crippen molar-refractivity contribution in [3.8, 4) is 11.3 Å². The lowest BCUT2D eigenvalue weighted by Crippen LogP contribution is -2.19. The molecule has 1 aliphatic rings. The van der Waals surface area contributed by atoms with Gasteiger partial charge in [0.05, 0.1) is 18.0 Å². The molecule has 0 atom stereocenters. The van der Waals surface area contributed by atoms with Crippen molar-refractivity contribution in [3.63, 3.8) is 0 Å². The molecule has 3 rings (SSSR count). The third kappa shape index (κ3) is 3.64. The van der Waals surface area contributed by atoms with E-state index >= 15 is 0 Å². The fourth-order valence-electron chi connectivity index (χ4n) is 1.84. The van der Waals surface area contributed by atoms with E-state index in [1.807, 2.05) is 0 Å². The molecule has 1 aromatic carbocycles. The van der Waals surface area contributed by atoms with E-state index in [2.05, 4.69) is 15.5 Å². The lowest BCUT2D eigenvalue weighted by atomic mass is 10.1. The first kappa shape index (κ1) is 15.0. The average molecular weight is 330 g/mol. The number of amides is 1. The molecule has 1 saturated heterocycles. The van der Waals surface area contributed by atoms with Gasteiger partial charge < -0.3 is 9.73 Å². The van der Waals surface area contributed by atoms with Gasteiger partial charge in [-0.05, 0) is 11.6 Å². The molecular weight excluding hydrogens is 320 g/mol. The topological polar surface area (TPSA) is 110 Å². The first-order chi connectivity index (χ1) is 11.1. The van der Waals surface area contributed by atoms with Crippen LogP contribution in [0.15, 0.2) is 51.0 Å². The number of furan rings is 1. The minimum absolute atomic E-state index is 0.0826. The van der Waals surface area contributed by atoms with Gasteiger partial charge in [-0.15, -0.1) is 5.10 Å². The van der Waals surface area contributed by atoms with Gasteiger partial charge in [0.1, 0.15) is 10.7 Å². The summed E-state index contributed by atoms with van der Waals surface area (Å²) in [6.07, 6.45) is 1.55. The Morgan fingerprint density at radius 3 is 2.65 bits per heavy atom. The van der Waals surface area contributed by atoms with Crippen LogP contribution in [0.1, 0.15) is 5.56 Å². The van der Waals surface area contributed by atoms with Crippen molar-refractivity contribution in [1.82, 2.24) is 5.32 Å². The lowest BCUT2D eigenvalue weighted by Gasteiger charge is -1.97. The second-order valence-corrected chi connectivity index (χ2v) is 5.47. The monoisotopic (exact) mass is 330 g/mol. The predicted octanol–water partition coefficient (Wildman–Crippen LogP) is 2.41. The van der Waals surface area contributed by atoms with Gasteiger partial charge in [0.2, 0.25) is 5.91 Å². The Labute approximate surface area is 134 Å². The van der Waals surface area contributed by atoms with E-state index in [4.69, 9.17) is 4.42 Å². The van der Waals surface area contributed by atoms with Crippen LogP contribution < -0.4 is 5.32 Å². The van der Waals surface area contributed by atoms with Crippen LogP contribution in [0.2, 0.25) is 0 Å². The maximum atomic E-state index is 11.0. The van der Waals surface area contributed by atoms with E-state index in [1.165, 1.54) is 17.8 Å². The molecule has 0 unspecified atom stereocenters. The van der Waals surface area contributed by atoms with E-state index in [9.17, 15) is 14.9 Å². The molecule has 9 heteroatoms. The molecule has 0 bridgehead atoms. The molecular formula is C14H10N4O4S. The van der Waals surface area contributed by atoms with Crippen molar-refractivity contribution in [2.24, 2.45) is 10.2 Å². The number of hydrogen-bond donors (Lipinski definition) is 1. The molecule has 1 fully saturated rings. The van der Waals surface area contributed by atoms with Gasteiger partial charge in [-0.2, -0.15) is 5.10 Å². The number of thioether (sulfide) groups is 1. The van der Waals surface area contributed by atoms with E-state index < -0.39 is 4.92 Å². The molecule has 1 N–H and O–H groups in total. The maximum Gasteiger partial charge on any atom is 0.433 e. The Bertz CT molecular complexity index is 810. The zero-order chi connectivity index (χ0) is 16.2. The van der Waals surface area contributed by atoms with Gasteiger partial charge in [0.15, 0.2) is 5.17 Å². The fourth-order valence-corrected chi connectivity index (χ4v) is 2.47. The van der Waals surface area contributed by atoms with Crippen LogP contribution in [0.4, 0.5) is 5.88 Å². The van der Waals surface area contributed by atoms with Crippen LogP contribution >= 0.6 is 11.8 Å². The Morgan fingerprint density at radius 1 is 1.26 bits per heavy atom. The van der Waals surface area contributed by atoms with E-state index in [1.54, 1.807) is 36.5 Å². The van der Waals surface area contributed by atoms with Crippen LogP contribution in [0.3, 0.4) is 0 Å². The highest BCUT2D eigenvalue weighted by Gasteiger charge is 2.16.